The first kappa shape index (κ1) is 17.8. The first-order chi connectivity index (χ1) is 13.0. The third kappa shape index (κ3) is 3.36. The molecule has 1 atom stereocenters. The predicted molar refractivity (Wildman–Crippen MR) is 107 cm³/mol. The molecule has 1 aliphatic heterocycles. The summed E-state index contributed by atoms with van der Waals surface area (Å²) in [7, 11) is 0. The molecule has 6 heteroatoms. The van der Waals surface area contributed by atoms with Crippen molar-refractivity contribution in [1.29, 1.82) is 0 Å². The molecule has 0 bridgehead atoms. The van der Waals surface area contributed by atoms with Crippen molar-refractivity contribution >= 4 is 40.0 Å². The summed E-state index contributed by atoms with van der Waals surface area (Å²) in [5.74, 6) is -0.417. The third-order valence-corrected chi connectivity index (χ3v) is 5.25. The summed E-state index contributed by atoms with van der Waals surface area (Å²) in [6.07, 6.45) is 2.94. The summed E-state index contributed by atoms with van der Waals surface area (Å²) in [6, 6.07) is 12.9. The zero-order valence-electron chi connectivity index (χ0n) is 15.0. The SMILES string of the molecule is Cc1ccc(Cl)cc1N1C(=O)C[C@H](NCCc2c[nH]c3ccccc23)C1=O. The largest absolute Gasteiger partial charge is 0.361 e. The van der Waals surface area contributed by atoms with Crippen LogP contribution in [0, 0.1) is 6.92 Å². The molecule has 1 saturated heterocycles. The number of nitrogens with one attached hydrogen (secondary N) is 2. The number of carbonyl (C=O) groups excluding carboxylic acids is 2. The Bertz CT molecular complexity index is 1030. The van der Waals surface area contributed by atoms with Crippen LogP contribution in [0.4, 0.5) is 5.69 Å². The summed E-state index contributed by atoms with van der Waals surface area (Å²) in [5, 5.41) is 4.93. The lowest BCUT2D eigenvalue weighted by Crippen LogP contribution is -2.39. The number of hydrogen-bond acceptors (Lipinski definition) is 3. The fourth-order valence-corrected chi connectivity index (χ4v) is 3.75. The van der Waals surface area contributed by atoms with Crippen molar-refractivity contribution in [2.24, 2.45) is 0 Å². The van der Waals surface area contributed by atoms with Crippen LogP contribution < -0.4 is 10.2 Å². The van der Waals surface area contributed by atoms with Gasteiger partial charge in [-0.2, -0.15) is 0 Å². The molecule has 4 rings (SSSR count). The van der Waals surface area contributed by atoms with Crippen LogP contribution in [-0.2, 0) is 16.0 Å². The quantitative estimate of drug-likeness (QED) is 0.664. The fourth-order valence-electron chi connectivity index (χ4n) is 3.59. The van der Waals surface area contributed by atoms with E-state index in [1.165, 1.54) is 15.8 Å². The van der Waals surface area contributed by atoms with E-state index in [2.05, 4.69) is 16.4 Å². The summed E-state index contributed by atoms with van der Waals surface area (Å²) < 4.78 is 0. The van der Waals surface area contributed by atoms with Crippen molar-refractivity contribution < 1.29 is 9.59 Å². The molecule has 138 valence electrons. The van der Waals surface area contributed by atoms with Crippen molar-refractivity contribution in [2.45, 2.75) is 25.8 Å². The maximum absolute atomic E-state index is 12.8. The van der Waals surface area contributed by atoms with Gasteiger partial charge in [0.05, 0.1) is 18.2 Å². The number of nitrogens with zero attached hydrogens (tertiary/aromatic N) is 1. The maximum Gasteiger partial charge on any atom is 0.251 e. The van der Waals surface area contributed by atoms with E-state index in [-0.39, 0.29) is 18.2 Å². The number of aromatic amines is 1. The molecule has 2 amide bonds. The molecule has 5 nitrogen and oxygen atoms in total. The van der Waals surface area contributed by atoms with Gasteiger partial charge in [-0.05, 0) is 42.7 Å². The van der Waals surface area contributed by atoms with Crippen LogP contribution in [0.5, 0.6) is 0 Å². The van der Waals surface area contributed by atoms with Crippen LogP contribution in [0.25, 0.3) is 10.9 Å². The lowest BCUT2D eigenvalue weighted by Gasteiger charge is -2.18. The number of anilines is 1. The molecule has 0 aliphatic carbocycles. The first-order valence-corrected chi connectivity index (χ1v) is 9.34. The summed E-state index contributed by atoms with van der Waals surface area (Å²) in [5.41, 5.74) is 3.71. The molecule has 2 aromatic carbocycles. The maximum atomic E-state index is 12.8. The van der Waals surface area contributed by atoms with Gasteiger partial charge >= 0.3 is 0 Å². The lowest BCUT2D eigenvalue weighted by atomic mass is 10.1. The fraction of sp³-hybridized carbons (Fsp3) is 0.238. The monoisotopic (exact) mass is 381 g/mol. The van der Waals surface area contributed by atoms with Gasteiger partial charge in [-0.3, -0.25) is 9.59 Å². The van der Waals surface area contributed by atoms with Crippen molar-refractivity contribution in [2.75, 3.05) is 11.4 Å². The minimum atomic E-state index is -0.499. The highest BCUT2D eigenvalue weighted by Gasteiger charge is 2.39. The Morgan fingerprint density at radius 2 is 2.04 bits per heavy atom. The number of carbonyl (C=O) groups is 2. The van der Waals surface area contributed by atoms with Gasteiger partial charge in [0.1, 0.15) is 0 Å². The molecule has 3 aromatic rings. The van der Waals surface area contributed by atoms with Gasteiger partial charge in [-0.25, -0.2) is 4.90 Å². The number of amides is 2. The van der Waals surface area contributed by atoms with E-state index in [0.29, 0.717) is 17.3 Å². The Kier molecular flexibility index (Phi) is 4.72. The van der Waals surface area contributed by atoms with Gasteiger partial charge in [0.15, 0.2) is 0 Å². The standard InChI is InChI=1S/C21H20ClN3O2/c1-13-6-7-15(22)10-19(13)25-20(26)11-18(21(25)27)23-9-8-14-12-24-17-5-3-2-4-16(14)17/h2-7,10,12,18,23-24H,8-9,11H2,1H3/t18-/m0/s1. The molecule has 0 radical (unpaired) electrons. The van der Waals surface area contributed by atoms with Crippen molar-refractivity contribution in [1.82, 2.24) is 10.3 Å². The number of imide groups is 1. The normalized spacial score (nSPS) is 17.3. The second kappa shape index (κ2) is 7.18. The van der Waals surface area contributed by atoms with Crippen molar-refractivity contribution in [3.05, 3.63) is 64.8 Å². The van der Waals surface area contributed by atoms with E-state index < -0.39 is 6.04 Å². The molecule has 1 aliphatic rings. The summed E-state index contributed by atoms with van der Waals surface area (Å²) in [6.45, 7) is 2.48. The minimum absolute atomic E-state index is 0.165. The Balaban J connectivity index is 1.44. The van der Waals surface area contributed by atoms with E-state index in [4.69, 9.17) is 11.6 Å². The number of aromatic nitrogens is 1. The van der Waals surface area contributed by atoms with Gasteiger partial charge in [0.25, 0.3) is 5.91 Å². The molecule has 27 heavy (non-hydrogen) atoms. The van der Waals surface area contributed by atoms with E-state index in [1.807, 2.05) is 37.4 Å². The van der Waals surface area contributed by atoms with E-state index in [9.17, 15) is 9.59 Å². The second-order valence-corrected chi connectivity index (χ2v) is 7.25. The molecule has 1 fully saturated rings. The number of hydrogen-bond donors (Lipinski definition) is 2. The molecule has 2 heterocycles. The van der Waals surface area contributed by atoms with Crippen LogP contribution in [0.2, 0.25) is 5.02 Å². The van der Waals surface area contributed by atoms with Crippen LogP contribution >= 0.6 is 11.6 Å². The zero-order chi connectivity index (χ0) is 19.0. The van der Waals surface area contributed by atoms with Crippen LogP contribution in [0.1, 0.15) is 17.5 Å². The van der Waals surface area contributed by atoms with Crippen LogP contribution in [0.3, 0.4) is 0 Å². The van der Waals surface area contributed by atoms with Crippen LogP contribution in [-0.4, -0.2) is 29.4 Å². The average molecular weight is 382 g/mol. The predicted octanol–water partition coefficient (Wildman–Crippen LogP) is 3.59. The Morgan fingerprint density at radius 1 is 1.22 bits per heavy atom. The molecule has 0 unspecified atom stereocenters. The van der Waals surface area contributed by atoms with Gasteiger partial charge in [0.2, 0.25) is 5.91 Å². The number of H-pyrrole nitrogens is 1. The van der Waals surface area contributed by atoms with E-state index in [1.54, 1.807) is 12.1 Å². The molecule has 2 N–H and O–H groups in total. The van der Waals surface area contributed by atoms with Gasteiger partial charge < -0.3 is 10.3 Å². The number of aryl methyl sites for hydroxylation is 1. The smallest absolute Gasteiger partial charge is 0.251 e. The third-order valence-electron chi connectivity index (χ3n) is 5.02. The van der Waals surface area contributed by atoms with E-state index in [0.717, 1.165) is 17.5 Å². The number of para-hydroxylation sites is 1. The van der Waals surface area contributed by atoms with E-state index >= 15 is 0 Å². The Hall–Kier alpha value is -2.63. The highest BCUT2D eigenvalue weighted by atomic mass is 35.5. The Labute approximate surface area is 162 Å². The number of rotatable bonds is 5. The molecular weight excluding hydrogens is 362 g/mol. The first-order valence-electron chi connectivity index (χ1n) is 8.96. The van der Waals surface area contributed by atoms with Crippen molar-refractivity contribution in [3.63, 3.8) is 0 Å². The highest BCUT2D eigenvalue weighted by Crippen LogP contribution is 2.29. The molecule has 1 aromatic heterocycles. The average Bonchev–Trinajstić information content (AvgIpc) is 3.19. The van der Waals surface area contributed by atoms with Crippen LogP contribution in [0.15, 0.2) is 48.7 Å². The van der Waals surface area contributed by atoms with Gasteiger partial charge in [-0.15, -0.1) is 0 Å². The zero-order valence-corrected chi connectivity index (χ0v) is 15.7. The summed E-state index contributed by atoms with van der Waals surface area (Å²) in [4.78, 5) is 29.7. The van der Waals surface area contributed by atoms with Gasteiger partial charge in [-0.1, -0.05) is 35.9 Å². The summed E-state index contributed by atoms with van der Waals surface area (Å²) >= 11 is 6.05. The number of halogens is 1. The molecule has 0 spiro atoms. The number of fused-ring (bicyclic) bond motifs is 1. The number of benzene rings is 2. The minimum Gasteiger partial charge on any atom is -0.361 e. The van der Waals surface area contributed by atoms with Crippen molar-refractivity contribution in [3.8, 4) is 0 Å². The molecule has 0 saturated carbocycles. The molecular formula is C21H20ClN3O2. The lowest BCUT2D eigenvalue weighted by molar-refractivity contribution is -0.121. The van der Waals surface area contributed by atoms with Gasteiger partial charge in [0, 0.05) is 28.7 Å². The topological polar surface area (TPSA) is 65.2 Å². The Morgan fingerprint density at radius 3 is 2.89 bits per heavy atom. The second-order valence-electron chi connectivity index (χ2n) is 6.82. The highest BCUT2D eigenvalue weighted by molar-refractivity contribution is 6.31.